The van der Waals surface area contributed by atoms with E-state index in [1.807, 2.05) is 30.3 Å². The molecule has 0 aliphatic carbocycles. The highest BCUT2D eigenvalue weighted by atomic mass is 16.5. The molecule has 0 bridgehead atoms. The number of carbonyl (C=O) groups excluding carboxylic acids is 1. The number of rotatable bonds is 6. The van der Waals surface area contributed by atoms with Crippen LogP contribution in [0.2, 0.25) is 0 Å². The van der Waals surface area contributed by atoms with Gasteiger partial charge in [0.1, 0.15) is 12.4 Å². The molecule has 0 spiro atoms. The summed E-state index contributed by atoms with van der Waals surface area (Å²) in [4.78, 5) is 18.9. The number of esters is 1. The minimum absolute atomic E-state index is 0.273. The van der Waals surface area contributed by atoms with Gasteiger partial charge >= 0.3 is 5.97 Å². The molecule has 3 rings (SSSR count). The molecular formula is C19H18N2O4. The number of imidazole rings is 1. The summed E-state index contributed by atoms with van der Waals surface area (Å²) in [6.07, 6.45) is 3.00. The predicted octanol–water partition coefficient (Wildman–Crippen LogP) is 3.34. The molecular weight excluding hydrogens is 320 g/mol. The lowest BCUT2D eigenvalue weighted by Gasteiger charge is -2.10. The third-order valence-electron chi connectivity index (χ3n) is 3.60. The van der Waals surface area contributed by atoms with Crippen molar-refractivity contribution in [3.63, 3.8) is 0 Å². The van der Waals surface area contributed by atoms with Crippen LogP contribution in [-0.4, -0.2) is 30.2 Å². The lowest BCUT2D eigenvalue weighted by Crippen LogP contribution is -2.00. The average Bonchev–Trinajstić information content (AvgIpc) is 3.07. The van der Waals surface area contributed by atoms with E-state index in [-0.39, 0.29) is 6.61 Å². The fraction of sp³-hybridized carbons (Fsp3) is 0.158. The maximum Gasteiger partial charge on any atom is 0.330 e. The molecule has 0 saturated carbocycles. The van der Waals surface area contributed by atoms with Crippen LogP contribution in [-0.2, 0) is 16.1 Å². The number of ether oxygens (including phenoxy) is 3. The molecule has 0 radical (unpaired) electrons. The Labute approximate surface area is 145 Å². The molecule has 128 valence electrons. The van der Waals surface area contributed by atoms with Crippen LogP contribution >= 0.6 is 0 Å². The van der Waals surface area contributed by atoms with E-state index in [4.69, 9.17) is 9.47 Å². The van der Waals surface area contributed by atoms with Crippen molar-refractivity contribution in [3.8, 4) is 11.5 Å². The largest absolute Gasteiger partial charge is 0.493 e. The summed E-state index contributed by atoms with van der Waals surface area (Å²) >= 11 is 0. The highest BCUT2D eigenvalue weighted by Crippen LogP contribution is 2.29. The van der Waals surface area contributed by atoms with Crippen LogP contribution in [0.3, 0.4) is 0 Å². The first kappa shape index (κ1) is 16.6. The fourth-order valence-electron chi connectivity index (χ4n) is 2.36. The molecule has 1 aromatic heterocycles. The van der Waals surface area contributed by atoms with Crippen molar-refractivity contribution >= 4 is 23.1 Å². The van der Waals surface area contributed by atoms with Crippen LogP contribution in [0.1, 0.15) is 11.4 Å². The minimum Gasteiger partial charge on any atom is -0.493 e. The lowest BCUT2D eigenvalue weighted by molar-refractivity contribution is -0.134. The van der Waals surface area contributed by atoms with Crippen molar-refractivity contribution in [2.75, 3.05) is 14.2 Å². The third kappa shape index (κ3) is 3.98. The fourth-order valence-corrected chi connectivity index (χ4v) is 2.36. The average molecular weight is 338 g/mol. The molecule has 6 nitrogen and oxygen atoms in total. The lowest BCUT2D eigenvalue weighted by atomic mass is 10.2. The number of nitrogens with zero attached hydrogens (tertiary/aromatic N) is 1. The Kier molecular flexibility index (Phi) is 4.99. The minimum atomic E-state index is -0.416. The zero-order valence-electron chi connectivity index (χ0n) is 14.0. The van der Waals surface area contributed by atoms with Gasteiger partial charge in [0, 0.05) is 6.08 Å². The number of aromatic amines is 1. The summed E-state index contributed by atoms with van der Waals surface area (Å²) in [7, 11) is 2.91. The Morgan fingerprint density at radius 2 is 2.00 bits per heavy atom. The Hall–Kier alpha value is -3.28. The maximum absolute atomic E-state index is 11.2. The zero-order chi connectivity index (χ0) is 17.6. The summed E-state index contributed by atoms with van der Waals surface area (Å²) in [5, 5.41) is 0. The summed E-state index contributed by atoms with van der Waals surface area (Å²) in [6, 6.07) is 13.2. The number of H-pyrrole nitrogens is 1. The Bertz CT molecular complexity index is 882. The van der Waals surface area contributed by atoms with E-state index in [1.165, 1.54) is 13.2 Å². The smallest absolute Gasteiger partial charge is 0.330 e. The van der Waals surface area contributed by atoms with Gasteiger partial charge in [-0.15, -0.1) is 0 Å². The molecule has 0 atom stereocenters. The van der Waals surface area contributed by atoms with Crippen LogP contribution in [0.5, 0.6) is 11.5 Å². The van der Waals surface area contributed by atoms with Gasteiger partial charge in [0.25, 0.3) is 0 Å². The SMILES string of the molecule is COC(=O)/C=C/c1ccc(OC)c(OCc2nc3ccccc3[nH]2)c1. The molecule has 0 unspecified atom stereocenters. The first-order valence-electron chi connectivity index (χ1n) is 7.70. The van der Waals surface area contributed by atoms with Crippen LogP contribution in [0.15, 0.2) is 48.5 Å². The number of aromatic nitrogens is 2. The van der Waals surface area contributed by atoms with E-state index in [9.17, 15) is 4.79 Å². The van der Waals surface area contributed by atoms with E-state index in [1.54, 1.807) is 25.3 Å². The van der Waals surface area contributed by atoms with Crippen LogP contribution in [0.4, 0.5) is 0 Å². The van der Waals surface area contributed by atoms with Gasteiger partial charge in [-0.25, -0.2) is 9.78 Å². The van der Waals surface area contributed by atoms with Gasteiger partial charge in [0.05, 0.1) is 25.3 Å². The number of methoxy groups -OCH3 is 2. The number of benzene rings is 2. The number of hydrogen-bond acceptors (Lipinski definition) is 5. The summed E-state index contributed by atoms with van der Waals surface area (Å²) in [5.74, 6) is 1.47. The zero-order valence-corrected chi connectivity index (χ0v) is 14.0. The topological polar surface area (TPSA) is 73.4 Å². The van der Waals surface area contributed by atoms with Gasteiger partial charge < -0.3 is 19.2 Å². The van der Waals surface area contributed by atoms with Crippen molar-refractivity contribution in [1.82, 2.24) is 9.97 Å². The first-order chi connectivity index (χ1) is 12.2. The second kappa shape index (κ2) is 7.53. The standard InChI is InChI=1S/C19H18N2O4/c1-23-16-9-7-13(8-10-19(22)24-2)11-17(16)25-12-18-20-14-5-3-4-6-15(14)21-18/h3-11H,12H2,1-2H3,(H,20,21)/b10-8+. The summed E-state index contributed by atoms with van der Waals surface area (Å²) in [6.45, 7) is 0.273. The molecule has 2 aromatic carbocycles. The number of hydrogen-bond donors (Lipinski definition) is 1. The van der Waals surface area contributed by atoms with E-state index in [0.717, 1.165) is 22.4 Å². The van der Waals surface area contributed by atoms with Gasteiger partial charge in [0.2, 0.25) is 0 Å². The van der Waals surface area contributed by atoms with Gasteiger partial charge in [-0.3, -0.25) is 0 Å². The molecule has 6 heteroatoms. The molecule has 0 amide bonds. The van der Waals surface area contributed by atoms with Crippen LogP contribution in [0, 0.1) is 0 Å². The van der Waals surface area contributed by atoms with Crippen LogP contribution in [0.25, 0.3) is 17.1 Å². The second-order valence-electron chi connectivity index (χ2n) is 5.26. The molecule has 0 fully saturated rings. The van der Waals surface area contributed by atoms with Crippen molar-refractivity contribution < 1.29 is 19.0 Å². The third-order valence-corrected chi connectivity index (χ3v) is 3.60. The molecule has 3 aromatic rings. The molecule has 25 heavy (non-hydrogen) atoms. The Balaban J connectivity index is 1.77. The van der Waals surface area contributed by atoms with Gasteiger partial charge in [-0.1, -0.05) is 18.2 Å². The second-order valence-corrected chi connectivity index (χ2v) is 5.26. The Morgan fingerprint density at radius 1 is 1.16 bits per heavy atom. The summed E-state index contributed by atoms with van der Waals surface area (Å²) in [5.41, 5.74) is 2.65. The number of para-hydroxylation sites is 2. The monoisotopic (exact) mass is 338 g/mol. The molecule has 0 aliphatic rings. The van der Waals surface area contributed by atoms with Gasteiger partial charge in [0.15, 0.2) is 11.5 Å². The van der Waals surface area contributed by atoms with Crippen molar-refractivity contribution in [2.24, 2.45) is 0 Å². The van der Waals surface area contributed by atoms with E-state index >= 15 is 0 Å². The highest BCUT2D eigenvalue weighted by molar-refractivity contribution is 5.87. The van der Waals surface area contributed by atoms with Crippen molar-refractivity contribution in [2.45, 2.75) is 6.61 Å². The van der Waals surface area contributed by atoms with Crippen molar-refractivity contribution in [1.29, 1.82) is 0 Å². The van der Waals surface area contributed by atoms with Crippen LogP contribution < -0.4 is 9.47 Å². The molecule has 0 aliphatic heterocycles. The molecule has 1 N–H and O–H groups in total. The number of carbonyl (C=O) groups is 1. The predicted molar refractivity (Wildman–Crippen MR) is 94.5 cm³/mol. The van der Waals surface area contributed by atoms with Gasteiger partial charge in [-0.05, 0) is 35.9 Å². The van der Waals surface area contributed by atoms with E-state index < -0.39 is 5.97 Å². The molecule has 1 heterocycles. The van der Waals surface area contributed by atoms with E-state index in [0.29, 0.717) is 11.5 Å². The first-order valence-corrected chi connectivity index (χ1v) is 7.70. The Morgan fingerprint density at radius 3 is 2.76 bits per heavy atom. The van der Waals surface area contributed by atoms with Crippen molar-refractivity contribution in [3.05, 3.63) is 59.9 Å². The quantitative estimate of drug-likeness (QED) is 0.551. The highest BCUT2D eigenvalue weighted by Gasteiger charge is 2.08. The summed E-state index contributed by atoms with van der Waals surface area (Å²) < 4.78 is 15.8. The molecule has 0 saturated heterocycles. The number of fused-ring (bicyclic) bond motifs is 1. The van der Waals surface area contributed by atoms with Gasteiger partial charge in [-0.2, -0.15) is 0 Å². The number of nitrogens with one attached hydrogen (secondary N) is 1. The maximum atomic E-state index is 11.2. The van der Waals surface area contributed by atoms with E-state index in [2.05, 4.69) is 14.7 Å². The normalized spacial score (nSPS) is 11.0.